The molecule has 1 atom stereocenters. The normalized spacial score (nSPS) is 13.0. The molecule has 21 heavy (non-hydrogen) atoms. The Morgan fingerprint density at radius 2 is 2.24 bits per heavy atom. The molecule has 3 heterocycles. The maximum absolute atomic E-state index is 5.93. The van der Waals surface area contributed by atoms with Gasteiger partial charge >= 0.3 is 0 Å². The van der Waals surface area contributed by atoms with E-state index in [0.717, 1.165) is 32.2 Å². The Morgan fingerprint density at radius 1 is 1.43 bits per heavy atom. The molecule has 110 valence electrons. The van der Waals surface area contributed by atoms with Gasteiger partial charge in [-0.05, 0) is 35.8 Å². The fourth-order valence-corrected chi connectivity index (χ4v) is 3.68. The Balaban J connectivity index is 2.16. The molecule has 0 spiro atoms. The molecular formula is C14H14BrClN4S. The number of hydrogen-bond donors (Lipinski definition) is 0. The fourth-order valence-electron chi connectivity index (χ4n) is 2.35. The Morgan fingerprint density at radius 3 is 2.90 bits per heavy atom. The van der Waals surface area contributed by atoms with Gasteiger partial charge in [0.2, 0.25) is 0 Å². The van der Waals surface area contributed by atoms with Crippen LogP contribution in [-0.4, -0.2) is 25.4 Å². The van der Waals surface area contributed by atoms with E-state index in [0.29, 0.717) is 12.3 Å². The zero-order chi connectivity index (χ0) is 15.0. The predicted molar refractivity (Wildman–Crippen MR) is 90.3 cm³/mol. The molecule has 0 aromatic carbocycles. The van der Waals surface area contributed by atoms with E-state index in [1.165, 1.54) is 0 Å². The lowest BCUT2D eigenvalue weighted by Crippen LogP contribution is -2.11. The first-order chi connectivity index (χ1) is 10.1. The van der Waals surface area contributed by atoms with Gasteiger partial charge in [-0.3, -0.25) is 0 Å². The predicted octanol–water partition coefficient (Wildman–Crippen LogP) is 4.35. The molecular weight excluding hydrogens is 372 g/mol. The Bertz CT molecular complexity index is 782. The second kappa shape index (κ2) is 6.02. The van der Waals surface area contributed by atoms with Gasteiger partial charge in [-0.15, -0.1) is 22.9 Å². The molecule has 0 amide bonds. The molecule has 1 unspecified atom stereocenters. The highest BCUT2D eigenvalue weighted by molar-refractivity contribution is 9.10. The van der Waals surface area contributed by atoms with Crippen molar-refractivity contribution in [3.05, 3.63) is 38.6 Å². The van der Waals surface area contributed by atoms with E-state index in [-0.39, 0.29) is 6.04 Å². The van der Waals surface area contributed by atoms with Crippen LogP contribution in [0.15, 0.2) is 22.1 Å². The number of nitrogens with zero attached hydrogens (tertiary/aromatic N) is 4. The number of fused-ring (bicyclic) bond motifs is 1. The highest BCUT2D eigenvalue weighted by Gasteiger charge is 2.20. The smallest absolute Gasteiger partial charge is 0.160 e. The molecule has 0 aliphatic heterocycles. The SMILES string of the molecule is Cc1csc(C(C)n2c(CCCl)nc3cc(Br)cnc32)n1. The summed E-state index contributed by atoms with van der Waals surface area (Å²) in [6, 6.07) is 2.08. The van der Waals surface area contributed by atoms with Crippen molar-refractivity contribution in [1.82, 2.24) is 19.5 Å². The van der Waals surface area contributed by atoms with Gasteiger partial charge < -0.3 is 4.57 Å². The molecule has 0 bridgehead atoms. The van der Waals surface area contributed by atoms with Crippen LogP contribution in [0.5, 0.6) is 0 Å². The van der Waals surface area contributed by atoms with Gasteiger partial charge in [0.1, 0.15) is 16.3 Å². The Kier molecular flexibility index (Phi) is 4.28. The summed E-state index contributed by atoms with van der Waals surface area (Å²) in [5, 5.41) is 3.13. The van der Waals surface area contributed by atoms with Crippen molar-refractivity contribution in [2.45, 2.75) is 26.3 Å². The van der Waals surface area contributed by atoms with Gasteiger partial charge in [-0.2, -0.15) is 0 Å². The topological polar surface area (TPSA) is 43.6 Å². The number of pyridine rings is 1. The lowest BCUT2D eigenvalue weighted by atomic mass is 10.3. The van der Waals surface area contributed by atoms with Crippen molar-refractivity contribution in [2.75, 3.05) is 5.88 Å². The Labute approximate surface area is 140 Å². The number of alkyl halides is 1. The summed E-state index contributed by atoms with van der Waals surface area (Å²) in [7, 11) is 0. The first kappa shape index (κ1) is 14.9. The van der Waals surface area contributed by atoms with E-state index in [4.69, 9.17) is 11.6 Å². The van der Waals surface area contributed by atoms with Crippen molar-refractivity contribution in [2.24, 2.45) is 0 Å². The van der Waals surface area contributed by atoms with E-state index in [9.17, 15) is 0 Å². The van der Waals surface area contributed by atoms with Crippen LogP contribution in [0.2, 0.25) is 0 Å². The quantitative estimate of drug-likeness (QED) is 0.627. The molecule has 0 saturated heterocycles. The molecule has 4 nitrogen and oxygen atoms in total. The molecule has 3 aromatic heterocycles. The van der Waals surface area contributed by atoms with Crippen molar-refractivity contribution in [3.8, 4) is 0 Å². The lowest BCUT2D eigenvalue weighted by molar-refractivity contribution is 0.614. The van der Waals surface area contributed by atoms with Crippen molar-refractivity contribution < 1.29 is 0 Å². The maximum Gasteiger partial charge on any atom is 0.160 e. The second-order valence-electron chi connectivity index (χ2n) is 4.84. The van der Waals surface area contributed by atoms with Crippen LogP contribution in [-0.2, 0) is 6.42 Å². The molecule has 0 aliphatic carbocycles. The molecule has 0 radical (unpaired) electrons. The number of halogens is 2. The highest BCUT2D eigenvalue weighted by Crippen LogP contribution is 2.28. The molecule has 3 rings (SSSR count). The third-order valence-corrected chi connectivity index (χ3v) is 5.02. The largest absolute Gasteiger partial charge is 0.303 e. The first-order valence-corrected chi connectivity index (χ1v) is 8.81. The van der Waals surface area contributed by atoms with Gasteiger partial charge in [0.25, 0.3) is 0 Å². The lowest BCUT2D eigenvalue weighted by Gasteiger charge is -2.14. The van der Waals surface area contributed by atoms with Crippen LogP contribution in [0.25, 0.3) is 11.2 Å². The number of aryl methyl sites for hydroxylation is 2. The number of rotatable bonds is 4. The van der Waals surface area contributed by atoms with Crippen LogP contribution >= 0.6 is 38.9 Å². The molecule has 0 aliphatic rings. The van der Waals surface area contributed by atoms with E-state index < -0.39 is 0 Å². The molecule has 3 aromatic rings. The molecule has 0 N–H and O–H groups in total. The van der Waals surface area contributed by atoms with Gasteiger partial charge in [-0.1, -0.05) is 0 Å². The molecule has 7 heteroatoms. The fraction of sp³-hybridized carbons (Fsp3) is 0.357. The summed E-state index contributed by atoms with van der Waals surface area (Å²) in [4.78, 5) is 13.8. The number of imidazole rings is 1. The summed E-state index contributed by atoms with van der Waals surface area (Å²) in [6.07, 6.45) is 2.51. The third-order valence-electron chi connectivity index (χ3n) is 3.27. The van der Waals surface area contributed by atoms with Crippen molar-refractivity contribution in [1.29, 1.82) is 0 Å². The third kappa shape index (κ3) is 2.84. The van der Waals surface area contributed by atoms with Crippen LogP contribution < -0.4 is 0 Å². The summed E-state index contributed by atoms with van der Waals surface area (Å²) in [5.41, 5.74) is 2.80. The first-order valence-electron chi connectivity index (χ1n) is 6.60. The van der Waals surface area contributed by atoms with Crippen LogP contribution in [0.3, 0.4) is 0 Å². The van der Waals surface area contributed by atoms with Gasteiger partial charge in [0.05, 0.1) is 6.04 Å². The monoisotopic (exact) mass is 384 g/mol. The number of hydrogen-bond acceptors (Lipinski definition) is 4. The Hall–Kier alpha value is -0.980. The van der Waals surface area contributed by atoms with Gasteiger partial charge in [0, 0.05) is 34.0 Å². The minimum Gasteiger partial charge on any atom is -0.303 e. The number of thiazole rings is 1. The van der Waals surface area contributed by atoms with E-state index in [1.807, 2.05) is 13.0 Å². The van der Waals surface area contributed by atoms with Gasteiger partial charge in [-0.25, -0.2) is 15.0 Å². The summed E-state index contributed by atoms with van der Waals surface area (Å²) < 4.78 is 3.07. The van der Waals surface area contributed by atoms with E-state index in [1.54, 1.807) is 17.5 Å². The molecule has 0 fully saturated rings. The zero-order valence-electron chi connectivity index (χ0n) is 11.7. The summed E-state index contributed by atoms with van der Waals surface area (Å²) >= 11 is 11.0. The van der Waals surface area contributed by atoms with Crippen LogP contribution in [0.1, 0.15) is 29.5 Å². The van der Waals surface area contributed by atoms with Crippen LogP contribution in [0.4, 0.5) is 0 Å². The minimum absolute atomic E-state index is 0.0978. The summed E-state index contributed by atoms with van der Waals surface area (Å²) in [6.45, 7) is 4.13. The second-order valence-corrected chi connectivity index (χ2v) is 7.02. The average molecular weight is 386 g/mol. The highest BCUT2D eigenvalue weighted by atomic mass is 79.9. The van der Waals surface area contributed by atoms with Crippen molar-refractivity contribution in [3.63, 3.8) is 0 Å². The summed E-state index contributed by atoms with van der Waals surface area (Å²) in [5.74, 6) is 1.49. The van der Waals surface area contributed by atoms with Gasteiger partial charge in [0.15, 0.2) is 5.65 Å². The van der Waals surface area contributed by atoms with Crippen molar-refractivity contribution >= 4 is 50.0 Å². The standard InChI is InChI=1S/C14H14BrClN4S/c1-8-7-21-14(18-8)9(2)20-12(3-4-16)19-11-5-10(15)6-17-13(11)20/h5-7,9H,3-4H2,1-2H3. The van der Waals surface area contributed by atoms with E-state index >= 15 is 0 Å². The zero-order valence-corrected chi connectivity index (χ0v) is 14.8. The maximum atomic E-state index is 5.93. The van der Waals surface area contributed by atoms with E-state index in [2.05, 4.69) is 47.8 Å². The molecule has 0 saturated carbocycles. The minimum atomic E-state index is 0.0978. The average Bonchev–Trinajstić information content (AvgIpc) is 3.01. The number of aromatic nitrogens is 4. The van der Waals surface area contributed by atoms with Crippen LogP contribution in [0, 0.1) is 6.92 Å².